The van der Waals surface area contributed by atoms with Crippen LogP contribution < -0.4 is 4.90 Å². The maximum atomic E-state index is 13.0. The SMILES string of the molecule is CN1CCN(c2ccc(S(=O)(=O)c3ccc(F)cc3)cc2)CC1. The van der Waals surface area contributed by atoms with E-state index in [4.69, 9.17) is 0 Å². The van der Waals surface area contributed by atoms with E-state index in [1.807, 2.05) is 12.1 Å². The number of nitrogens with zero attached hydrogens (tertiary/aromatic N) is 2. The van der Waals surface area contributed by atoms with Gasteiger partial charge in [-0.1, -0.05) is 0 Å². The van der Waals surface area contributed by atoms with Crippen LogP contribution in [0.25, 0.3) is 0 Å². The molecule has 122 valence electrons. The molecule has 2 aromatic rings. The minimum Gasteiger partial charge on any atom is -0.369 e. The summed E-state index contributed by atoms with van der Waals surface area (Å²) >= 11 is 0. The Hall–Kier alpha value is -1.92. The fourth-order valence-corrected chi connectivity index (χ4v) is 3.91. The van der Waals surface area contributed by atoms with Gasteiger partial charge in [0, 0.05) is 31.9 Å². The summed E-state index contributed by atoms with van der Waals surface area (Å²) in [5, 5.41) is 0. The van der Waals surface area contributed by atoms with E-state index in [0.717, 1.165) is 44.0 Å². The van der Waals surface area contributed by atoms with E-state index in [2.05, 4.69) is 16.8 Å². The molecule has 0 amide bonds. The molecule has 1 aliphatic heterocycles. The molecule has 1 heterocycles. The van der Waals surface area contributed by atoms with Crippen molar-refractivity contribution in [3.63, 3.8) is 0 Å². The van der Waals surface area contributed by atoms with Crippen LogP contribution in [0.1, 0.15) is 0 Å². The first-order valence-corrected chi connectivity index (χ1v) is 8.99. The van der Waals surface area contributed by atoms with E-state index in [-0.39, 0.29) is 9.79 Å². The number of anilines is 1. The number of hydrogen-bond acceptors (Lipinski definition) is 4. The highest BCUT2D eigenvalue weighted by molar-refractivity contribution is 7.91. The fraction of sp³-hybridized carbons (Fsp3) is 0.294. The molecule has 4 nitrogen and oxygen atoms in total. The van der Waals surface area contributed by atoms with Gasteiger partial charge in [-0.15, -0.1) is 0 Å². The summed E-state index contributed by atoms with van der Waals surface area (Å²) in [5.74, 6) is -0.450. The third-order valence-corrected chi connectivity index (χ3v) is 5.92. The van der Waals surface area contributed by atoms with Crippen molar-refractivity contribution >= 4 is 15.5 Å². The lowest BCUT2D eigenvalue weighted by Gasteiger charge is -2.34. The molecule has 0 aromatic heterocycles. The smallest absolute Gasteiger partial charge is 0.206 e. The van der Waals surface area contributed by atoms with Crippen molar-refractivity contribution in [2.45, 2.75) is 9.79 Å². The van der Waals surface area contributed by atoms with Crippen LogP contribution in [-0.2, 0) is 9.84 Å². The third kappa shape index (κ3) is 3.38. The lowest BCUT2D eigenvalue weighted by Crippen LogP contribution is -2.44. The van der Waals surface area contributed by atoms with Crippen LogP contribution in [0.15, 0.2) is 58.3 Å². The Kier molecular flexibility index (Phi) is 4.37. The molecule has 1 saturated heterocycles. The Labute approximate surface area is 136 Å². The number of halogens is 1. The Balaban J connectivity index is 1.82. The molecule has 0 N–H and O–H groups in total. The number of sulfone groups is 1. The van der Waals surface area contributed by atoms with E-state index in [9.17, 15) is 12.8 Å². The Bertz CT molecular complexity index is 765. The maximum Gasteiger partial charge on any atom is 0.206 e. The quantitative estimate of drug-likeness (QED) is 0.808. The second kappa shape index (κ2) is 6.29. The largest absolute Gasteiger partial charge is 0.369 e. The van der Waals surface area contributed by atoms with Crippen LogP contribution in [-0.4, -0.2) is 46.5 Å². The zero-order valence-electron chi connectivity index (χ0n) is 12.9. The summed E-state index contributed by atoms with van der Waals surface area (Å²) < 4.78 is 38.0. The van der Waals surface area contributed by atoms with Gasteiger partial charge in [0.2, 0.25) is 9.84 Å². The van der Waals surface area contributed by atoms with Gasteiger partial charge in [-0.2, -0.15) is 0 Å². The number of benzene rings is 2. The summed E-state index contributed by atoms with van der Waals surface area (Å²) in [5.41, 5.74) is 1.02. The molecule has 0 aliphatic carbocycles. The van der Waals surface area contributed by atoms with E-state index in [0.29, 0.717) is 0 Å². The highest BCUT2D eigenvalue weighted by Gasteiger charge is 2.19. The second-order valence-electron chi connectivity index (χ2n) is 5.74. The van der Waals surface area contributed by atoms with Gasteiger partial charge in [-0.05, 0) is 55.6 Å². The molecule has 0 saturated carbocycles. The summed E-state index contributed by atoms with van der Waals surface area (Å²) in [6, 6.07) is 11.8. The first-order chi connectivity index (χ1) is 11.0. The number of rotatable bonds is 3. The Morgan fingerprint density at radius 2 is 1.30 bits per heavy atom. The molecule has 3 rings (SSSR count). The third-order valence-electron chi connectivity index (χ3n) is 4.14. The predicted molar refractivity (Wildman–Crippen MR) is 88.0 cm³/mol. The van der Waals surface area contributed by atoms with Crippen molar-refractivity contribution in [3.8, 4) is 0 Å². The highest BCUT2D eigenvalue weighted by atomic mass is 32.2. The van der Waals surface area contributed by atoms with E-state index >= 15 is 0 Å². The average Bonchev–Trinajstić information content (AvgIpc) is 2.56. The van der Waals surface area contributed by atoms with Crippen molar-refractivity contribution in [1.29, 1.82) is 0 Å². The first-order valence-electron chi connectivity index (χ1n) is 7.51. The van der Waals surface area contributed by atoms with Crippen LogP contribution in [0.3, 0.4) is 0 Å². The Morgan fingerprint density at radius 1 is 0.826 bits per heavy atom. The van der Waals surface area contributed by atoms with E-state index in [1.54, 1.807) is 12.1 Å². The van der Waals surface area contributed by atoms with Crippen molar-refractivity contribution < 1.29 is 12.8 Å². The lowest BCUT2D eigenvalue weighted by atomic mass is 10.2. The lowest BCUT2D eigenvalue weighted by molar-refractivity contribution is 0.313. The molecule has 0 spiro atoms. The minimum atomic E-state index is -3.61. The van der Waals surface area contributed by atoms with Crippen molar-refractivity contribution in [1.82, 2.24) is 4.90 Å². The summed E-state index contributed by atoms with van der Waals surface area (Å²) in [4.78, 5) is 4.84. The van der Waals surface area contributed by atoms with Crippen molar-refractivity contribution in [3.05, 3.63) is 54.3 Å². The topological polar surface area (TPSA) is 40.6 Å². The standard InChI is InChI=1S/C17H19FN2O2S/c1-19-10-12-20(13-11-19)15-4-8-17(9-5-15)23(21,22)16-6-2-14(18)3-7-16/h2-9H,10-13H2,1H3. The molecule has 1 aliphatic rings. The Morgan fingerprint density at radius 3 is 1.83 bits per heavy atom. The normalized spacial score (nSPS) is 16.5. The van der Waals surface area contributed by atoms with Gasteiger partial charge in [0.15, 0.2) is 0 Å². The summed E-state index contributed by atoms with van der Waals surface area (Å²) in [7, 11) is -1.51. The summed E-state index contributed by atoms with van der Waals surface area (Å²) in [6.07, 6.45) is 0. The van der Waals surface area contributed by atoms with E-state index in [1.165, 1.54) is 12.1 Å². The van der Waals surface area contributed by atoms with Gasteiger partial charge in [0.25, 0.3) is 0 Å². The van der Waals surface area contributed by atoms with Gasteiger partial charge >= 0.3 is 0 Å². The molecule has 2 aromatic carbocycles. The van der Waals surface area contributed by atoms with Crippen molar-refractivity contribution in [2.75, 3.05) is 38.1 Å². The zero-order valence-corrected chi connectivity index (χ0v) is 13.8. The average molecular weight is 334 g/mol. The van der Waals surface area contributed by atoms with Gasteiger partial charge in [-0.3, -0.25) is 0 Å². The molecular formula is C17H19FN2O2S. The molecule has 0 bridgehead atoms. The molecular weight excluding hydrogens is 315 g/mol. The van der Waals surface area contributed by atoms with Crippen LogP contribution >= 0.6 is 0 Å². The monoisotopic (exact) mass is 334 g/mol. The van der Waals surface area contributed by atoms with Crippen LogP contribution in [0.5, 0.6) is 0 Å². The molecule has 23 heavy (non-hydrogen) atoms. The summed E-state index contributed by atoms with van der Waals surface area (Å²) in [6.45, 7) is 3.85. The van der Waals surface area contributed by atoms with Crippen LogP contribution in [0, 0.1) is 5.82 Å². The van der Waals surface area contributed by atoms with Gasteiger partial charge in [0.05, 0.1) is 9.79 Å². The number of likely N-dealkylation sites (N-methyl/N-ethyl adjacent to an activating group) is 1. The molecule has 0 unspecified atom stereocenters. The second-order valence-corrected chi connectivity index (χ2v) is 7.69. The molecule has 0 atom stereocenters. The van der Waals surface area contributed by atoms with Crippen LogP contribution in [0.2, 0.25) is 0 Å². The number of piperazine rings is 1. The maximum absolute atomic E-state index is 13.0. The molecule has 0 radical (unpaired) electrons. The van der Waals surface area contributed by atoms with Crippen molar-refractivity contribution in [2.24, 2.45) is 0 Å². The fourth-order valence-electron chi connectivity index (χ4n) is 2.65. The highest BCUT2D eigenvalue weighted by Crippen LogP contribution is 2.24. The van der Waals surface area contributed by atoms with Gasteiger partial charge < -0.3 is 9.80 Å². The predicted octanol–water partition coefficient (Wildman–Crippen LogP) is 2.41. The molecule has 1 fully saturated rings. The van der Waals surface area contributed by atoms with Gasteiger partial charge in [-0.25, -0.2) is 12.8 Å². The zero-order chi connectivity index (χ0) is 16.4. The first kappa shape index (κ1) is 16.0. The van der Waals surface area contributed by atoms with E-state index < -0.39 is 15.7 Å². The van der Waals surface area contributed by atoms with Crippen LogP contribution in [0.4, 0.5) is 10.1 Å². The van der Waals surface area contributed by atoms with Gasteiger partial charge in [0.1, 0.15) is 5.82 Å². The molecule has 6 heteroatoms. The minimum absolute atomic E-state index is 0.103. The number of hydrogen-bond donors (Lipinski definition) is 0.